The lowest BCUT2D eigenvalue weighted by atomic mass is 9.88. The summed E-state index contributed by atoms with van der Waals surface area (Å²) in [6.07, 6.45) is 2.10. The molecule has 0 aliphatic heterocycles. The molecule has 5 heteroatoms. The smallest absolute Gasteiger partial charge is 0.307 e. The predicted octanol–water partition coefficient (Wildman–Crippen LogP) is 4.31. The summed E-state index contributed by atoms with van der Waals surface area (Å²) in [5, 5.41) is 9.99. The number of halogens is 2. The van der Waals surface area contributed by atoms with Crippen LogP contribution in [0.3, 0.4) is 0 Å². The van der Waals surface area contributed by atoms with E-state index < -0.39 is 17.8 Å². The number of hydrogen-bond acceptors (Lipinski definition) is 2. The number of benzene rings is 1. The molecule has 2 rings (SSSR count). The van der Waals surface area contributed by atoms with Crippen LogP contribution < -0.4 is 0 Å². The molecule has 0 heterocycles. The van der Waals surface area contributed by atoms with Crippen LogP contribution >= 0.6 is 23.2 Å². The van der Waals surface area contributed by atoms with Crippen LogP contribution in [-0.2, 0) is 4.79 Å². The van der Waals surface area contributed by atoms with Gasteiger partial charge in [-0.25, -0.2) is 0 Å². The maximum atomic E-state index is 12.5. The summed E-state index contributed by atoms with van der Waals surface area (Å²) in [4.78, 5) is 23.9. The summed E-state index contributed by atoms with van der Waals surface area (Å²) >= 11 is 11.8. The van der Waals surface area contributed by atoms with E-state index in [2.05, 4.69) is 0 Å². The van der Waals surface area contributed by atoms with Crippen molar-refractivity contribution >= 4 is 35.0 Å². The average Bonchev–Trinajstić information content (AvgIpc) is 2.85. The van der Waals surface area contributed by atoms with E-state index in [9.17, 15) is 14.7 Å². The second-order valence-corrected chi connectivity index (χ2v) is 6.10. The lowest BCUT2D eigenvalue weighted by Gasteiger charge is -2.14. The summed E-state index contributed by atoms with van der Waals surface area (Å²) in [6.45, 7) is 2.02. The molecule has 1 fully saturated rings. The zero-order chi connectivity index (χ0) is 14.9. The van der Waals surface area contributed by atoms with Crippen molar-refractivity contribution in [3.8, 4) is 0 Å². The number of aliphatic carboxylic acids is 1. The van der Waals surface area contributed by atoms with E-state index >= 15 is 0 Å². The largest absolute Gasteiger partial charge is 0.481 e. The van der Waals surface area contributed by atoms with Gasteiger partial charge in [-0.3, -0.25) is 9.59 Å². The van der Waals surface area contributed by atoms with E-state index in [0.29, 0.717) is 34.4 Å². The van der Waals surface area contributed by atoms with Gasteiger partial charge in [-0.15, -0.1) is 0 Å². The minimum Gasteiger partial charge on any atom is -0.481 e. The van der Waals surface area contributed by atoms with E-state index in [0.717, 1.165) is 6.42 Å². The molecule has 108 valence electrons. The average molecular weight is 315 g/mol. The van der Waals surface area contributed by atoms with Crippen LogP contribution in [0, 0.1) is 17.8 Å². The zero-order valence-corrected chi connectivity index (χ0v) is 12.6. The molecule has 3 atom stereocenters. The van der Waals surface area contributed by atoms with Crippen molar-refractivity contribution in [3.05, 3.63) is 33.8 Å². The van der Waals surface area contributed by atoms with Gasteiger partial charge in [-0.05, 0) is 37.0 Å². The molecule has 0 saturated heterocycles. The number of hydrogen-bond donors (Lipinski definition) is 1. The maximum Gasteiger partial charge on any atom is 0.307 e. The van der Waals surface area contributed by atoms with E-state index in [1.807, 2.05) is 6.92 Å². The summed E-state index contributed by atoms with van der Waals surface area (Å²) in [7, 11) is 0. The lowest BCUT2D eigenvalue weighted by molar-refractivity contribution is -0.142. The van der Waals surface area contributed by atoms with Gasteiger partial charge >= 0.3 is 5.97 Å². The normalized spacial score (nSPS) is 25.6. The Morgan fingerprint density at radius 3 is 2.40 bits per heavy atom. The summed E-state index contributed by atoms with van der Waals surface area (Å²) in [5.74, 6) is -1.80. The monoisotopic (exact) mass is 314 g/mol. The minimum atomic E-state index is -0.889. The number of carbonyl (C=O) groups is 2. The highest BCUT2D eigenvalue weighted by atomic mass is 35.5. The molecule has 0 aromatic heterocycles. The number of carbonyl (C=O) groups excluding carboxylic acids is 1. The van der Waals surface area contributed by atoms with Crippen LogP contribution in [0.15, 0.2) is 18.2 Å². The number of Topliss-reactive ketones (excluding diaryl/α,β-unsaturated/α-hetero) is 1. The van der Waals surface area contributed by atoms with Crippen molar-refractivity contribution in [1.29, 1.82) is 0 Å². The van der Waals surface area contributed by atoms with Gasteiger partial charge < -0.3 is 5.11 Å². The van der Waals surface area contributed by atoms with Crippen LogP contribution in [-0.4, -0.2) is 16.9 Å². The topological polar surface area (TPSA) is 54.4 Å². The molecule has 0 radical (unpaired) electrons. The highest BCUT2D eigenvalue weighted by molar-refractivity contribution is 6.42. The Morgan fingerprint density at radius 2 is 1.85 bits per heavy atom. The molecule has 20 heavy (non-hydrogen) atoms. The van der Waals surface area contributed by atoms with E-state index in [1.54, 1.807) is 12.1 Å². The van der Waals surface area contributed by atoms with Gasteiger partial charge in [0, 0.05) is 11.5 Å². The first-order valence-corrected chi connectivity index (χ1v) is 7.41. The van der Waals surface area contributed by atoms with Crippen LogP contribution in [0.5, 0.6) is 0 Å². The first kappa shape index (κ1) is 15.3. The Hall–Kier alpha value is -1.06. The molecule has 1 aliphatic rings. The highest BCUT2D eigenvalue weighted by Crippen LogP contribution is 2.40. The van der Waals surface area contributed by atoms with E-state index in [4.69, 9.17) is 23.2 Å². The van der Waals surface area contributed by atoms with Gasteiger partial charge in [0.05, 0.1) is 16.0 Å². The maximum absolute atomic E-state index is 12.5. The Bertz CT molecular complexity index is 542. The molecule has 0 spiro atoms. The number of carboxylic acid groups (broad SMARTS) is 1. The second-order valence-electron chi connectivity index (χ2n) is 5.29. The van der Waals surface area contributed by atoms with Crippen molar-refractivity contribution in [2.75, 3.05) is 0 Å². The third kappa shape index (κ3) is 2.99. The van der Waals surface area contributed by atoms with Crippen molar-refractivity contribution in [3.63, 3.8) is 0 Å². The highest BCUT2D eigenvalue weighted by Gasteiger charge is 2.42. The van der Waals surface area contributed by atoms with Gasteiger partial charge in [0.2, 0.25) is 0 Å². The number of ketones is 1. The van der Waals surface area contributed by atoms with Crippen molar-refractivity contribution in [2.45, 2.75) is 26.2 Å². The Kier molecular flexibility index (Phi) is 4.71. The van der Waals surface area contributed by atoms with Gasteiger partial charge in [0.25, 0.3) is 0 Å². The fourth-order valence-corrected chi connectivity index (χ4v) is 3.20. The Morgan fingerprint density at radius 1 is 1.20 bits per heavy atom. The molecule has 1 aromatic rings. The Labute approximate surface area is 127 Å². The third-order valence-electron chi connectivity index (χ3n) is 4.10. The molecule has 0 bridgehead atoms. The summed E-state index contributed by atoms with van der Waals surface area (Å²) in [6, 6.07) is 4.69. The quantitative estimate of drug-likeness (QED) is 0.842. The van der Waals surface area contributed by atoms with Crippen LogP contribution in [0.4, 0.5) is 0 Å². The van der Waals surface area contributed by atoms with Gasteiger partial charge in [-0.2, -0.15) is 0 Å². The molecule has 0 amide bonds. The fraction of sp³-hybridized carbons (Fsp3) is 0.467. The third-order valence-corrected chi connectivity index (χ3v) is 4.83. The molecule has 3 nitrogen and oxygen atoms in total. The fourth-order valence-electron chi connectivity index (χ4n) is 2.90. The van der Waals surface area contributed by atoms with Gasteiger partial charge in [0.15, 0.2) is 5.78 Å². The molecular formula is C15H16Cl2O3. The van der Waals surface area contributed by atoms with E-state index in [-0.39, 0.29) is 5.78 Å². The van der Waals surface area contributed by atoms with Crippen molar-refractivity contribution in [1.82, 2.24) is 0 Å². The van der Waals surface area contributed by atoms with E-state index in [1.165, 1.54) is 6.07 Å². The SMILES string of the molecule is CCC1CC(C(=O)O)C(C(=O)c2ccc(Cl)c(Cl)c2)C1. The Balaban J connectivity index is 2.26. The molecule has 1 N–H and O–H groups in total. The molecule has 1 aliphatic carbocycles. The van der Waals surface area contributed by atoms with Crippen LogP contribution in [0.25, 0.3) is 0 Å². The van der Waals surface area contributed by atoms with Crippen LogP contribution in [0.2, 0.25) is 10.0 Å². The summed E-state index contributed by atoms with van der Waals surface area (Å²) in [5.41, 5.74) is 0.437. The number of rotatable bonds is 4. The van der Waals surface area contributed by atoms with Crippen LogP contribution in [0.1, 0.15) is 36.5 Å². The van der Waals surface area contributed by atoms with Crippen molar-refractivity contribution in [2.24, 2.45) is 17.8 Å². The molecule has 3 unspecified atom stereocenters. The zero-order valence-electron chi connectivity index (χ0n) is 11.1. The predicted molar refractivity (Wildman–Crippen MR) is 78.4 cm³/mol. The first-order chi connectivity index (χ1) is 9.43. The standard InChI is InChI=1S/C15H16Cl2O3/c1-2-8-5-10(11(6-8)15(19)20)14(18)9-3-4-12(16)13(17)7-9/h3-4,7-8,10-11H,2,5-6H2,1H3,(H,19,20). The minimum absolute atomic E-state index is 0.146. The molecule has 1 saturated carbocycles. The summed E-state index contributed by atoms with van der Waals surface area (Å²) < 4.78 is 0. The van der Waals surface area contributed by atoms with Gasteiger partial charge in [0.1, 0.15) is 0 Å². The lowest BCUT2D eigenvalue weighted by Crippen LogP contribution is -2.25. The van der Waals surface area contributed by atoms with Crippen molar-refractivity contribution < 1.29 is 14.7 Å². The molecular weight excluding hydrogens is 299 g/mol. The van der Waals surface area contributed by atoms with Gasteiger partial charge in [-0.1, -0.05) is 36.5 Å². The molecule has 1 aromatic carbocycles. The number of carboxylic acids is 1. The first-order valence-electron chi connectivity index (χ1n) is 6.66. The second kappa shape index (κ2) is 6.15.